The lowest BCUT2D eigenvalue weighted by molar-refractivity contribution is 1.04. The molecule has 0 fully saturated rings. The number of rotatable bonds is 1. The highest BCUT2D eigenvalue weighted by molar-refractivity contribution is 5.65. The summed E-state index contributed by atoms with van der Waals surface area (Å²) in [4.78, 5) is 8.45. The topological polar surface area (TPSA) is 49.6 Å². The average Bonchev–Trinajstić information content (AvgIpc) is 2.31. The lowest BCUT2D eigenvalue weighted by Gasteiger charge is -2.07. The normalized spacial score (nSPS) is 10.0. The van der Waals surface area contributed by atoms with Gasteiger partial charge in [0, 0.05) is 11.6 Å². The first-order valence-corrected chi connectivity index (χ1v) is 5.43. The van der Waals surface area contributed by atoms with Crippen LogP contribution in [0.4, 0.5) is 0 Å². The van der Waals surface area contributed by atoms with Crippen molar-refractivity contribution in [3.8, 4) is 17.3 Å². The van der Waals surface area contributed by atoms with Gasteiger partial charge in [-0.3, -0.25) is 0 Å². The Morgan fingerprint density at radius 1 is 1.06 bits per heavy atom. The van der Waals surface area contributed by atoms with Crippen molar-refractivity contribution in [2.24, 2.45) is 0 Å². The monoisotopic (exact) mass is 223 g/mol. The summed E-state index contributed by atoms with van der Waals surface area (Å²) in [5.41, 5.74) is 4.62. The van der Waals surface area contributed by atoms with Crippen LogP contribution in [0.1, 0.15) is 22.6 Å². The first-order chi connectivity index (χ1) is 8.10. The molecule has 0 saturated heterocycles. The van der Waals surface area contributed by atoms with Crippen molar-refractivity contribution in [2.75, 3.05) is 0 Å². The molecule has 17 heavy (non-hydrogen) atoms. The van der Waals surface area contributed by atoms with Gasteiger partial charge in [-0.15, -0.1) is 0 Å². The largest absolute Gasteiger partial charge is 0.233 e. The maximum Gasteiger partial charge on any atom is 0.144 e. The van der Waals surface area contributed by atoms with Crippen LogP contribution >= 0.6 is 0 Å². The minimum atomic E-state index is 0.411. The van der Waals surface area contributed by atoms with Crippen molar-refractivity contribution in [1.29, 1.82) is 5.26 Å². The average molecular weight is 223 g/mol. The smallest absolute Gasteiger partial charge is 0.144 e. The Hall–Kier alpha value is -2.21. The van der Waals surface area contributed by atoms with E-state index in [2.05, 4.69) is 34.2 Å². The molecule has 3 nitrogen and oxygen atoms in total. The molecule has 0 radical (unpaired) electrons. The lowest BCUT2D eigenvalue weighted by Crippen LogP contribution is -1.96. The number of aryl methyl sites for hydroxylation is 3. The van der Waals surface area contributed by atoms with Gasteiger partial charge in [-0.25, -0.2) is 9.97 Å². The second-order valence-corrected chi connectivity index (χ2v) is 4.12. The predicted octanol–water partition coefficient (Wildman–Crippen LogP) is 2.94. The summed E-state index contributed by atoms with van der Waals surface area (Å²) in [5, 5.41) is 8.92. The Morgan fingerprint density at radius 2 is 1.82 bits per heavy atom. The van der Waals surface area contributed by atoms with E-state index in [0.717, 1.165) is 16.8 Å². The zero-order valence-electron chi connectivity index (χ0n) is 10.2. The van der Waals surface area contributed by atoms with E-state index in [1.165, 1.54) is 5.56 Å². The summed E-state index contributed by atoms with van der Waals surface area (Å²) in [6.07, 6.45) is 0. The third-order valence-corrected chi connectivity index (χ3v) is 2.62. The number of nitriles is 1. The Bertz CT molecular complexity index is 609. The second-order valence-electron chi connectivity index (χ2n) is 4.12. The molecular weight excluding hydrogens is 210 g/mol. The third-order valence-electron chi connectivity index (χ3n) is 2.62. The zero-order valence-corrected chi connectivity index (χ0v) is 10.2. The van der Waals surface area contributed by atoms with Crippen molar-refractivity contribution in [2.45, 2.75) is 20.8 Å². The number of hydrogen-bond acceptors (Lipinski definition) is 3. The van der Waals surface area contributed by atoms with Crippen LogP contribution in [-0.2, 0) is 0 Å². The van der Waals surface area contributed by atoms with Gasteiger partial charge in [0.25, 0.3) is 0 Å². The number of hydrogen-bond donors (Lipinski definition) is 0. The first-order valence-electron chi connectivity index (χ1n) is 5.43. The van der Waals surface area contributed by atoms with Gasteiger partial charge in [-0.2, -0.15) is 5.26 Å². The molecule has 1 heterocycles. The molecule has 1 aromatic carbocycles. The van der Waals surface area contributed by atoms with Crippen LogP contribution in [0.15, 0.2) is 24.3 Å². The van der Waals surface area contributed by atoms with Crippen LogP contribution in [0.2, 0.25) is 0 Å². The van der Waals surface area contributed by atoms with Gasteiger partial charge in [0.1, 0.15) is 17.6 Å². The molecule has 1 aromatic heterocycles. The van der Waals surface area contributed by atoms with Gasteiger partial charge in [-0.1, -0.05) is 17.7 Å². The van der Waals surface area contributed by atoms with Crippen LogP contribution < -0.4 is 0 Å². The van der Waals surface area contributed by atoms with Crippen LogP contribution in [0.25, 0.3) is 11.3 Å². The van der Waals surface area contributed by atoms with Crippen molar-refractivity contribution in [1.82, 2.24) is 9.97 Å². The summed E-state index contributed by atoms with van der Waals surface area (Å²) in [5.74, 6) is 0.625. The molecule has 3 heteroatoms. The summed E-state index contributed by atoms with van der Waals surface area (Å²) < 4.78 is 0. The van der Waals surface area contributed by atoms with E-state index >= 15 is 0 Å². The van der Waals surface area contributed by atoms with Crippen molar-refractivity contribution >= 4 is 0 Å². The Balaban J connectivity index is 2.64. The fraction of sp³-hybridized carbons (Fsp3) is 0.214. The quantitative estimate of drug-likeness (QED) is 0.746. The molecule has 0 bridgehead atoms. The standard InChI is InChI=1S/C14H13N3/c1-9-4-5-10(2)13(6-9)14-7-12(8-15)16-11(3)17-14/h4-7H,1-3H3. The third kappa shape index (κ3) is 2.31. The Morgan fingerprint density at radius 3 is 2.53 bits per heavy atom. The van der Waals surface area contributed by atoms with Crippen LogP contribution in [0, 0.1) is 32.1 Å². The highest BCUT2D eigenvalue weighted by Gasteiger charge is 2.07. The molecule has 0 aliphatic rings. The van der Waals surface area contributed by atoms with E-state index in [-0.39, 0.29) is 0 Å². The highest BCUT2D eigenvalue weighted by Crippen LogP contribution is 2.23. The number of benzene rings is 1. The van der Waals surface area contributed by atoms with Crippen LogP contribution in [-0.4, -0.2) is 9.97 Å². The van der Waals surface area contributed by atoms with E-state index in [9.17, 15) is 0 Å². The maximum atomic E-state index is 8.92. The number of aromatic nitrogens is 2. The fourth-order valence-corrected chi connectivity index (χ4v) is 1.77. The van der Waals surface area contributed by atoms with Gasteiger partial charge in [0.15, 0.2) is 0 Å². The summed E-state index contributed by atoms with van der Waals surface area (Å²) in [6, 6.07) is 10.0. The summed E-state index contributed by atoms with van der Waals surface area (Å²) >= 11 is 0. The van der Waals surface area contributed by atoms with Crippen LogP contribution in [0.5, 0.6) is 0 Å². The van der Waals surface area contributed by atoms with Gasteiger partial charge < -0.3 is 0 Å². The minimum absolute atomic E-state index is 0.411. The van der Waals surface area contributed by atoms with E-state index in [1.54, 1.807) is 13.0 Å². The molecule has 0 aliphatic heterocycles. The van der Waals surface area contributed by atoms with Crippen molar-refractivity contribution in [3.05, 3.63) is 46.9 Å². The first kappa shape index (κ1) is 11.3. The van der Waals surface area contributed by atoms with Crippen LogP contribution in [0.3, 0.4) is 0 Å². The molecule has 2 aromatic rings. The van der Waals surface area contributed by atoms with Gasteiger partial charge in [0.05, 0.1) is 5.69 Å². The molecule has 0 spiro atoms. The molecule has 0 unspecified atom stereocenters. The highest BCUT2D eigenvalue weighted by atomic mass is 14.9. The summed E-state index contributed by atoms with van der Waals surface area (Å²) in [6.45, 7) is 5.88. The molecule has 84 valence electrons. The van der Waals surface area contributed by atoms with Crippen molar-refractivity contribution < 1.29 is 0 Å². The molecule has 0 atom stereocenters. The summed E-state index contributed by atoms with van der Waals surface area (Å²) in [7, 11) is 0. The lowest BCUT2D eigenvalue weighted by atomic mass is 10.0. The zero-order chi connectivity index (χ0) is 12.4. The maximum absolute atomic E-state index is 8.92. The van der Waals surface area contributed by atoms with Gasteiger partial charge >= 0.3 is 0 Å². The molecular formula is C14H13N3. The molecule has 0 aliphatic carbocycles. The Labute approximate surface area is 101 Å². The molecule has 0 saturated carbocycles. The second kappa shape index (κ2) is 4.34. The Kier molecular flexibility index (Phi) is 2.88. The fourth-order valence-electron chi connectivity index (χ4n) is 1.77. The SMILES string of the molecule is Cc1ccc(C)c(-c2cc(C#N)nc(C)n2)c1. The predicted molar refractivity (Wildman–Crippen MR) is 66.4 cm³/mol. The molecule has 2 rings (SSSR count). The number of nitrogens with zero attached hydrogens (tertiary/aromatic N) is 3. The van der Waals surface area contributed by atoms with Gasteiger partial charge in [-0.05, 0) is 32.4 Å². The molecule has 0 amide bonds. The van der Waals surface area contributed by atoms with E-state index < -0.39 is 0 Å². The minimum Gasteiger partial charge on any atom is -0.233 e. The molecule has 0 N–H and O–H groups in total. The van der Waals surface area contributed by atoms with E-state index in [0.29, 0.717) is 11.5 Å². The van der Waals surface area contributed by atoms with E-state index in [1.807, 2.05) is 13.8 Å². The van der Waals surface area contributed by atoms with Crippen molar-refractivity contribution in [3.63, 3.8) is 0 Å². The van der Waals surface area contributed by atoms with E-state index in [4.69, 9.17) is 5.26 Å². The van der Waals surface area contributed by atoms with Gasteiger partial charge in [0.2, 0.25) is 0 Å².